The topological polar surface area (TPSA) is 66.8 Å². The van der Waals surface area contributed by atoms with E-state index in [0.29, 0.717) is 5.75 Å². The van der Waals surface area contributed by atoms with Crippen LogP contribution in [-0.4, -0.2) is 41.3 Å². The average molecular weight is 180 g/mol. The zero-order chi connectivity index (χ0) is 8.69. The summed E-state index contributed by atoms with van der Waals surface area (Å²) in [6.45, 7) is -0.544. The molecule has 4 nitrogen and oxygen atoms in total. The number of hydrogen-bond acceptors (Lipinski definition) is 5. The summed E-state index contributed by atoms with van der Waals surface area (Å²) in [6, 6.07) is 0. The van der Waals surface area contributed by atoms with Crippen LogP contribution in [0.5, 0.6) is 0 Å². The SMILES string of the molecule is O=C(CCS)OCC(O)CO. The Hall–Kier alpha value is -0.260. The van der Waals surface area contributed by atoms with Crippen molar-refractivity contribution in [1.29, 1.82) is 0 Å². The lowest BCUT2D eigenvalue weighted by molar-refractivity contribution is -0.146. The second kappa shape index (κ2) is 6.45. The van der Waals surface area contributed by atoms with E-state index >= 15 is 0 Å². The molecule has 1 unspecified atom stereocenters. The van der Waals surface area contributed by atoms with E-state index in [2.05, 4.69) is 17.4 Å². The van der Waals surface area contributed by atoms with E-state index in [1.807, 2.05) is 0 Å². The minimum absolute atomic E-state index is 0.150. The standard InChI is InChI=1S/C6H12O4S/c7-3-5(8)4-10-6(9)1-2-11/h5,7-8,11H,1-4H2. The molecule has 0 aromatic heterocycles. The molecule has 0 heterocycles. The van der Waals surface area contributed by atoms with Gasteiger partial charge in [0.15, 0.2) is 0 Å². The fourth-order valence-corrected chi connectivity index (χ4v) is 0.588. The number of hydrogen-bond donors (Lipinski definition) is 3. The maximum Gasteiger partial charge on any atom is 0.306 e. The predicted octanol–water partition coefficient (Wildman–Crippen LogP) is -0.797. The van der Waals surface area contributed by atoms with Crippen LogP contribution in [0.3, 0.4) is 0 Å². The first-order valence-corrected chi connectivity index (χ1v) is 3.89. The Bertz CT molecular complexity index is 117. The van der Waals surface area contributed by atoms with Gasteiger partial charge in [-0.25, -0.2) is 0 Å². The van der Waals surface area contributed by atoms with Crippen LogP contribution in [0.4, 0.5) is 0 Å². The maximum atomic E-state index is 10.6. The number of esters is 1. The molecule has 0 amide bonds. The number of ether oxygens (including phenoxy) is 1. The van der Waals surface area contributed by atoms with Gasteiger partial charge in [0.25, 0.3) is 0 Å². The number of aliphatic hydroxyl groups is 2. The van der Waals surface area contributed by atoms with Gasteiger partial charge in [0.05, 0.1) is 13.0 Å². The van der Waals surface area contributed by atoms with Gasteiger partial charge in [0.2, 0.25) is 0 Å². The van der Waals surface area contributed by atoms with Crippen LogP contribution in [-0.2, 0) is 9.53 Å². The lowest BCUT2D eigenvalue weighted by atomic mass is 10.4. The molecule has 0 aromatic carbocycles. The minimum Gasteiger partial charge on any atom is -0.463 e. The van der Waals surface area contributed by atoms with Gasteiger partial charge >= 0.3 is 5.97 Å². The van der Waals surface area contributed by atoms with E-state index in [0.717, 1.165) is 0 Å². The molecule has 0 radical (unpaired) electrons. The fourth-order valence-electron chi connectivity index (χ4n) is 0.405. The molecule has 0 saturated carbocycles. The number of carbonyl (C=O) groups is 1. The Morgan fingerprint density at radius 1 is 1.64 bits per heavy atom. The van der Waals surface area contributed by atoms with Gasteiger partial charge < -0.3 is 14.9 Å². The number of rotatable bonds is 5. The number of thiol groups is 1. The summed E-state index contributed by atoms with van der Waals surface area (Å²) in [5.41, 5.74) is 0. The lowest BCUT2D eigenvalue weighted by Gasteiger charge is -2.07. The molecule has 0 aromatic rings. The summed E-state index contributed by atoms with van der Waals surface area (Å²) in [5.74, 6) is 0.0149. The van der Waals surface area contributed by atoms with Crippen molar-refractivity contribution in [2.45, 2.75) is 12.5 Å². The molecule has 0 aliphatic heterocycles. The summed E-state index contributed by atoms with van der Waals surface area (Å²) in [7, 11) is 0. The van der Waals surface area contributed by atoms with Gasteiger partial charge in [-0.3, -0.25) is 4.79 Å². The van der Waals surface area contributed by atoms with Gasteiger partial charge in [-0.15, -0.1) is 0 Å². The molecule has 0 saturated heterocycles. The molecule has 0 aliphatic rings. The van der Waals surface area contributed by atoms with Crippen molar-refractivity contribution < 1.29 is 19.7 Å². The predicted molar refractivity (Wildman–Crippen MR) is 42.5 cm³/mol. The molecule has 0 rings (SSSR count). The summed E-state index contributed by atoms with van der Waals surface area (Å²) in [6.07, 6.45) is -0.750. The summed E-state index contributed by atoms with van der Waals surface area (Å²) in [5, 5.41) is 17.0. The molecular formula is C6H12O4S. The van der Waals surface area contributed by atoms with Crippen molar-refractivity contribution in [1.82, 2.24) is 0 Å². The average Bonchev–Trinajstić information content (AvgIpc) is 2.01. The molecule has 5 heteroatoms. The van der Waals surface area contributed by atoms with Crippen molar-refractivity contribution in [3.8, 4) is 0 Å². The normalized spacial score (nSPS) is 12.6. The third-order valence-corrected chi connectivity index (χ3v) is 1.19. The molecule has 0 spiro atoms. The molecule has 1 atom stereocenters. The van der Waals surface area contributed by atoms with E-state index in [1.165, 1.54) is 0 Å². The monoisotopic (exact) mass is 180 g/mol. The van der Waals surface area contributed by atoms with Gasteiger partial charge in [-0.1, -0.05) is 0 Å². The van der Waals surface area contributed by atoms with Crippen LogP contribution < -0.4 is 0 Å². The maximum absolute atomic E-state index is 10.6. The highest BCUT2D eigenvalue weighted by Gasteiger charge is 2.05. The second-order valence-electron chi connectivity index (χ2n) is 1.99. The zero-order valence-electron chi connectivity index (χ0n) is 6.06. The van der Waals surface area contributed by atoms with E-state index in [9.17, 15) is 4.79 Å². The van der Waals surface area contributed by atoms with E-state index in [1.54, 1.807) is 0 Å². The molecule has 2 N–H and O–H groups in total. The molecule has 0 fully saturated rings. The Labute approximate surface area is 70.6 Å². The number of carbonyl (C=O) groups excluding carboxylic acids is 1. The Kier molecular flexibility index (Phi) is 6.30. The van der Waals surface area contributed by atoms with Gasteiger partial charge in [0.1, 0.15) is 12.7 Å². The van der Waals surface area contributed by atoms with Crippen LogP contribution in [0.2, 0.25) is 0 Å². The molecule has 0 aliphatic carbocycles. The van der Waals surface area contributed by atoms with Crippen LogP contribution in [0.1, 0.15) is 6.42 Å². The van der Waals surface area contributed by atoms with E-state index in [-0.39, 0.29) is 13.0 Å². The van der Waals surface area contributed by atoms with Gasteiger partial charge in [-0.2, -0.15) is 12.6 Å². The molecule has 0 bridgehead atoms. The third kappa shape index (κ3) is 6.15. The summed E-state index contributed by atoms with van der Waals surface area (Å²) in [4.78, 5) is 10.6. The van der Waals surface area contributed by atoms with Crippen LogP contribution in [0.25, 0.3) is 0 Å². The first kappa shape index (κ1) is 10.7. The van der Waals surface area contributed by atoms with Crippen LogP contribution in [0, 0.1) is 0 Å². The summed E-state index contributed by atoms with van der Waals surface area (Å²) < 4.78 is 4.54. The van der Waals surface area contributed by atoms with Crippen molar-refractivity contribution in [3.63, 3.8) is 0 Å². The highest BCUT2D eigenvalue weighted by atomic mass is 32.1. The van der Waals surface area contributed by atoms with E-state index < -0.39 is 18.7 Å². The van der Waals surface area contributed by atoms with Gasteiger partial charge in [-0.05, 0) is 0 Å². The Balaban J connectivity index is 3.30. The van der Waals surface area contributed by atoms with Crippen molar-refractivity contribution in [2.24, 2.45) is 0 Å². The Morgan fingerprint density at radius 3 is 2.73 bits per heavy atom. The Morgan fingerprint density at radius 2 is 2.27 bits per heavy atom. The molecule has 66 valence electrons. The highest BCUT2D eigenvalue weighted by molar-refractivity contribution is 7.80. The van der Waals surface area contributed by atoms with Crippen molar-refractivity contribution >= 4 is 18.6 Å². The third-order valence-electron chi connectivity index (χ3n) is 0.963. The quantitative estimate of drug-likeness (QED) is 0.383. The fraction of sp³-hybridized carbons (Fsp3) is 0.833. The number of aliphatic hydroxyl groups excluding tert-OH is 2. The van der Waals surface area contributed by atoms with E-state index in [4.69, 9.17) is 10.2 Å². The van der Waals surface area contributed by atoms with Gasteiger partial charge in [0, 0.05) is 5.75 Å². The van der Waals surface area contributed by atoms with Crippen LogP contribution in [0.15, 0.2) is 0 Å². The largest absolute Gasteiger partial charge is 0.463 e. The molecule has 11 heavy (non-hydrogen) atoms. The van der Waals surface area contributed by atoms with Crippen molar-refractivity contribution in [2.75, 3.05) is 19.0 Å². The minimum atomic E-state index is -0.973. The second-order valence-corrected chi connectivity index (χ2v) is 2.44. The first-order valence-electron chi connectivity index (χ1n) is 3.26. The zero-order valence-corrected chi connectivity index (χ0v) is 6.96. The first-order chi connectivity index (χ1) is 5.20. The highest BCUT2D eigenvalue weighted by Crippen LogP contribution is 1.90. The van der Waals surface area contributed by atoms with Crippen LogP contribution >= 0.6 is 12.6 Å². The smallest absolute Gasteiger partial charge is 0.306 e. The lowest BCUT2D eigenvalue weighted by Crippen LogP contribution is -2.21. The van der Waals surface area contributed by atoms with Crippen molar-refractivity contribution in [3.05, 3.63) is 0 Å². The molecular weight excluding hydrogens is 168 g/mol. The summed E-state index contributed by atoms with van der Waals surface area (Å²) >= 11 is 3.81.